The maximum atomic E-state index is 12.7. The molecule has 27 heavy (non-hydrogen) atoms. The van der Waals surface area contributed by atoms with Gasteiger partial charge in [-0.3, -0.25) is 14.4 Å². The molecule has 3 heterocycles. The summed E-state index contributed by atoms with van der Waals surface area (Å²) in [4.78, 5) is 47.2. The van der Waals surface area contributed by atoms with Gasteiger partial charge in [0, 0.05) is 31.7 Å². The Hall–Kier alpha value is -2.22. The summed E-state index contributed by atoms with van der Waals surface area (Å²) in [6.07, 6.45) is 8.36. The van der Waals surface area contributed by atoms with Crippen molar-refractivity contribution in [2.24, 2.45) is 5.92 Å². The van der Waals surface area contributed by atoms with Crippen LogP contribution in [0.5, 0.6) is 0 Å². The van der Waals surface area contributed by atoms with Crippen molar-refractivity contribution < 1.29 is 14.3 Å². The average molecular weight is 374 g/mol. The van der Waals surface area contributed by atoms with Gasteiger partial charge in [-0.25, -0.2) is 4.98 Å². The standard InChI is InChI=1S/C19H26N4O4/c24-16-15(11-20-13-21-16)18(26)23-9-10-27-19(12-23)5-7-22(8-6-19)17(25)14-3-1-2-4-14/h11,13-14H,1-10,12H2,(H,20,21,24). The van der Waals surface area contributed by atoms with Crippen LogP contribution in [-0.4, -0.2) is 70.0 Å². The lowest BCUT2D eigenvalue weighted by molar-refractivity contribution is -0.150. The third kappa shape index (κ3) is 3.63. The summed E-state index contributed by atoms with van der Waals surface area (Å²) in [6, 6.07) is 0. The fraction of sp³-hybridized carbons (Fsp3) is 0.684. The number of morpholine rings is 1. The summed E-state index contributed by atoms with van der Waals surface area (Å²) in [5.41, 5.74) is -0.786. The second-order valence-corrected chi connectivity index (χ2v) is 7.86. The first kappa shape index (κ1) is 18.2. The Kier molecular flexibility index (Phi) is 4.99. The molecule has 1 N–H and O–H groups in total. The second kappa shape index (κ2) is 7.42. The van der Waals surface area contributed by atoms with E-state index in [-0.39, 0.29) is 23.3 Å². The quantitative estimate of drug-likeness (QED) is 0.826. The Labute approximate surface area is 157 Å². The van der Waals surface area contributed by atoms with Crippen LogP contribution in [0.25, 0.3) is 0 Å². The Morgan fingerprint density at radius 3 is 2.59 bits per heavy atom. The molecule has 0 aromatic carbocycles. The topological polar surface area (TPSA) is 95.6 Å². The van der Waals surface area contributed by atoms with Crippen LogP contribution in [0.2, 0.25) is 0 Å². The lowest BCUT2D eigenvalue weighted by atomic mass is 9.88. The molecule has 4 rings (SSSR count). The van der Waals surface area contributed by atoms with E-state index < -0.39 is 11.2 Å². The number of likely N-dealkylation sites (tertiary alicyclic amines) is 1. The number of hydrogen-bond donors (Lipinski definition) is 1. The van der Waals surface area contributed by atoms with E-state index in [1.165, 1.54) is 12.5 Å². The molecule has 146 valence electrons. The maximum absolute atomic E-state index is 12.7. The lowest BCUT2D eigenvalue weighted by Crippen LogP contribution is -2.59. The van der Waals surface area contributed by atoms with E-state index >= 15 is 0 Å². The second-order valence-electron chi connectivity index (χ2n) is 7.86. The highest BCUT2D eigenvalue weighted by atomic mass is 16.5. The highest BCUT2D eigenvalue weighted by Crippen LogP contribution is 2.33. The van der Waals surface area contributed by atoms with Gasteiger partial charge >= 0.3 is 0 Å². The molecule has 1 aromatic heterocycles. The minimum Gasteiger partial charge on any atom is -0.371 e. The predicted octanol–water partition coefficient (Wildman–Crippen LogP) is 0.794. The van der Waals surface area contributed by atoms with Crippen LogP contribution >= 0.6 is 0 Å². The van der Waals surface area contributed by atoms with E-state index in [1.807, 2.05) is 4.90 Å². The molecule has 3 fully saturated rings. The molecule has 1 aromatic rings. The molecule has 0 radical (unpaired) electrons. The van der Waals surface area contributed by atoms with E-state index in [2.05, 4.69) is 9.97 Å². The summed E-state index contributed by atoms with van der Waals surface area (Å²) in [6.45, 7) is 2.70. The number of piperidine rings is 1. The lowest BCUT2D eigenvalue weighted by Gasteiger charge is -2.47. The highest BCUT2D eigenvalue weighted by molar-refractivity contribution is 5.93. The number of hydrogen-bond acceptors (Lipinski definition) is 5. The van der Waals surface area contributed by atoms with Crippen LogP contribution in [0.4, 0.5) is 0 Å². The van der Waals surface area contributed by atoms with Crippen molar-refractivity contribution in [1.29, 1.82) is 0 Å². The smallest absolute Gasteiger partial charge is 0.263 e. The van der Waals surface area contributed by atoms with Crippen LogP contribution in [0.1, 0.15) is 48.9 Å². The fourth-order valence-corrected chi connectivity index (χ4v) is 4.55. The molecule has 2 amide bonds. The van der Waals surface area contributed by atoms with Gasteiger partial charge in [0.15, 0.2) is 0 Å². The van der Waals surface area contributed by atoms with Gasteiger partial charge in [0.25, 0.3) is 11.5 Å². The number of rotatable bonds is 2. The van der Waals surface area contributed by atoms with Gasteiger partial charge in [-0.05, 0) is 25.7 Å². The summed E-state index contributed by atoms with van der Waals surface area (Å²) in [7, 11) is 0. The van der Waals surface area contributed by atoms with Crippen LogP contribution in [0, 0.1) is 5.92 Å². The van der Waals surface area contributed by atoms with Crippen LogP contribution in [-0.2, 0) is 9.53 Å². The van der Waals surface area contributed by atoms with Crippen molar-refractivity contribution in [2.45, 2.75) is 44.1 Å². The molecule has 1 saturated carbocycles. The monoisotopic (exact) mass is 374 g/mol. The minimum absolute atomic E-state index is 0.0587. The number of aromatic amines is 1. The van der Waals surface area contributed by atoms with Crippen molar-refractivity contribution in [3.05, 3.63) is 28.4 Å². The molecule has 1 aliphatic carbocycles. The van der Waals surface area contributed by atoms with Gasteiger partial charge in [-0.2, -0.15) is 0 Å². The molecule has 2 saturated heterocycles. The van der Waals surface area contributed by atoms with Gasteiger partial charge in [-0.1, -0.05) is 12.8 Å². The van der Waals surface area contributed by atoms with Crippen molar-refractivity contribution in [3.63, 3.8) is 0 Å². The molecule has 2 aliphatic heterocycles. The summed E-state index contributed by atoms with van der Waals surface area (Å²) >= 11 is 0. The van der Waals surface area contributed by atoms with E-state index in [0.717, 1.165) is 38.5 Å². The molecule has 0 atom stereocenters. The Bertz CT molecular complexity index is 763. The van der Waals surface area contributed by atoms with Crippen LogP contribution in [0.3, 0.4) is 0 Å². The number of nitrogens with one attached hydrogen (secondary N) is 1. The Balaban J connectivity index is 1.40. The van der Waals surface area contributed by atoms with Gasteiger partial charge in [0.05, 0.1) is 25.1 Å². The van der Waals surface area contributed by atoms with Gasteiger partial charge in [0.2, 0.25) is 5.91 Å². The third-order valence-electron chi connectivity index (χ3n) is 6.18. The number of carbonyl (C=O) groups is 2. The molecule has 0 unspecified atom stereocenters. The number of nitrogens with zero attached hydrogens (tertiary/aromatic N) is 3. The van der Waals surface area contributed by atoms with Gasteiger partial charge in [0.1, 0.15) is 5.56 Å². The fourth-order valence-electron chi connectivity index (χ4n) is 4.55. The number of carbonyl (C=O) groups excluding carboxylic acids is 2. The van der Waals surface area contributed by atoms with Crippen molar-refractivity contribution >= 4 is 11.8 Å². The molecule has 8 nitrogen and oxygen atoms in total. The summed E-state index contributed by atoms with van der Waals surface area (Å²) in [5.74, 6) is 0.172. The first-order valence-electron chi connectivity index (χ1n) is 9.83. The maximum Gasteiger partial charge on any atom is 0.263 e. The number of aromatic nitrogens is 2. The largest absolute Gasteiger partial charge is 0.371 e. The molecular formula is C19H26N4O4. The number of ether oxygens (including phenoxy) is 1. The minimum atomic E-state index is -0.424. The van der Waals surface area contributed by atoms with Gasteiger partial charge < -0.3 is 19.5 Å². The van der Waals surface area contributed by atoms with Crippen LogP contribution in [0.15, 0.2) is 17.3 Å². The summed E-state index contributed by atoms with van der Waals surface area (Å²) in [5, 5.41) is 0. The third-order valence-corrected chi connectivity index (χ3v) is 6.18. The first-order valence-corrected chi connectivity index (χ1v) is 9.83. The van der Waals surface area contributed by atoms with E-state index in [0.29, 0.717) is 32.8 Å². The predicted molar refractivity (Wildman–Crippen MR) is 97.2 cm³/mol. The summed E-state index contributed by atoms with van der Waals surface area (Å²) < 4.78 is 6.07. The number of H-pyrrole nitrogens is 1. The zero-order chi connectivity index (χ0) is 18.9. The molecular weight excluding hydrogens is 348 g/mol. The Morgan fingerprint density at radius 1 is 1.15 bits per heavy atom. The number of amides is 2. The first-order chi connectivity index (χ1) is 13.1. The van der Waals surface area contributed by atoms with Gasteiger partial charge in [-0.15, -0.1) is 0 Å². The zero-order valence-electron chi connectivity index (χ0n) is 15.5. The molecule has 0 bridgehead atoms. The SMILES string of the molecule is O=C(c1cnc[nH]c1=O)N1CCOC2(CCN(C(=O)C3CCCC3)CC2)C1. The average Bonchev–Trinajstić information content (AvgIpc) is 3.23. The molecule has 8 heteroatoms. The highest BCUT2D eigenvalue weighted by Gasteiger charge is 2.43. The zero-order valence-corrected chi connectivity index (χ0v) is 15.5. The molecule has 1 spiro atoms. The van der Waals surface area contributed by atoms with E-state index in [4.69, 9.17) is 4.74 Å². The Morgan fingerprint density at radius 2 is 1.89 bits per heavy atom. The van der Waals surface area contributed by atoms with E-state index in [1.54, 1.807) is 4.90 Å². The van der Waals surface area contributed by atoms with Crippen molar-refractivity contribution in [2.75, 3.05) is 32.8 Å². The van der Waals surface area contributed by atoms with Crippen molar-refractivity contribution in [1.82, 2.24) is 19.8 Å². The van der Waals surface area contributed by atoms with E-state index in [9.17, 15) is 14.4 Å². The normalized spacial score (nSPS) is 23.0. The molecule has 3 aliphatic rings. The van der Waals surface area contributed by atoms with Crippen LogP contribution < -0.4 is 5.56 Å². The van der Waals surface area contributed by atoms with Crippen molar-refractivity contribution in [3.8, 4) is 0 Å².